The molecule has 0 unspecified atom stereocenters. The predicted octanol–water partition coefficient (Wildman–Crippen LogP) is 3.52. The van der Waals surface area contributed by atoms with E-state index in [0.29, 0.717) is 17.8 Å². The van der Waals surface area contributed by atoms with Gasteiger partial charge in [0, 0.05) is 12.1 Å². The first kappa shape index (κ1) is 19.1. The van der Waals surface area contributed by atoms with Crippen molar-refractivity contribution in [3.63, 3.8) is 0 Å². The molecule has 0 radical (unpaired) electrons. The van der Waals surface area contributed by atoms with Gasteiger partial charge in [-0.25, -0.2) is 4.79 Å². The first-order chi connectivity index (χ1) is 13.0. The molecule has 3 rings (SSSR count). The molecule has 2 atom stereocenters. The van der Waals surface area contributed by atoms with Gasteiger partial charge < -0.3 is 19.9 Å². The number of anilines is 1. The number of aromatic nitrogens is 2. The number of benzene rings is 1. The second-order valence-corrected chi connectivity index (χ2v) is 6.83. The molecule has 27 heavy (non-hydrogen) atoms. The molecule has 7 heteroatoms. The molecule has 0 amide bonds. The Labute approximate surface area is 158 Å². The molecule has 1 saturated heterocycles. The van der Waals surface area contributed by atoms with Crippen LogP contribution in [0.3, 0.4) is 0 Å². The van der Waals surface area contributed by atoms with Crippen molar-refractivity contribution in [2.75, 3.05) is 19.0 Å². The van der Waals surface area contributed by atoms with Crippen LogP contribution in [0.5, 0.6) is 5.88 Å². The van der Waals surface area contributed by atoms with Crippen LogP contribution < -0.4 is 10.1 Å². The standard InChI is InChI=1S/C20H25N3O4/c1-12-7-9-14(10-8-12)16-6-4-5-15(27-16)11-21-17-13(2)18(20(24)25)22-23-19(17)26-3/h7-10,15-16H,4-6,11H2,1-3H3,(H,21,22)(H,24,25)/t15-,16+/m1/s1. The fraction of sp³-hybridized carbons (Fsp3) is 0.450. The molecule has 2 heterocycles. The average molecular weight is 371 g/mol. The third-order valence-corrected chi connectivity index (χ3v) is 4.89. The van der Waals surface area contributed by atoms with E-state index in [0.717, 1.165) is 19.3 Å². The number of ether oxygens (including phenoxy) is 2. The highest BCUT2D eigenvalue weighted by Gasteiger charge is 2.25. The Morgan fingerprint density at radius 3 is 2.67 bits per heavy atom. The predicted molar refractivity (Wildman–Crippen MR) is 101 cm³/mol. The molecule has 1 aromatic heterocycles. The number of nitrogens with one attached hydrogen (secondary N) is 1. The van der Waals surface area contributed by atoms with Gasteiger partial charge in [-0.3, -0.25) is 0 Å². The van der Waals surface area contributed by atoms with Crippen LogP contribution >= 0.6 is 0 Å². The Hall–Kier alpha value is -2.67. The Morgan fingerprint density at radius 2 is 2.00 bits per heavy atom. The molecule has 0 saturated carbocycles. The van der Waals surface area contributed by atoms with E-state index in [1.807, 2.05) is 0 Å². The Bertz CT molecular complexity index is 808. The van der Waals surface area contributed by atoms with Crippen LogP contribution in [0.1, 0.15) is 52.5 Å². The Kier molecular flexibility index (Phi) is 5.91. The molecular weight excluding hydrogens is 346 g/mol. The summed E-state index contributed by atoms with van der Waals surface area (Å²) in [7, 11) is 1.49. The number of hydrogen-bond donors (Lipinski definition) is 2. The number of aromatic carboxylic acids is 1. The quantitative estimate of drug-likeness (QED) is 0.802. The smallest absolute Gasteiger partial charge is 0.356 e. The first-order valence-corrected chi connectivity index (χ1v) is 9.10. The minimum Gasteiger partial charge on any atom is -0.478 e. The number of carboxylic acid groups (broad SMARTS) is 1. The van der Waals surface area contributed by atoms with Gasteiger partial charge >= 0.3 is 5.97 Å². The van der Waals surface area contributed by atoms with Crippen LogP contribution in [-0.4, -0.2) is 41.0 Å². The minimum atomic E-state index is -1.11. The summed E-state index contributed by atoms with van der Waals surface area (Å²) in [5.41, 5.74) is 3.39. The summed E-state index contributed by atoms with van der Waals surface area (Å²) < 4.78 is 11.5. The third-order valence-electron chi connectivity index (χ3n) is 4.89. The van der Waals surface area contributed by atoms with Crippen molar-refractivity contribution >= 4 is 11.7 Å². The molecule has 1 aliphatic heterocycles. The van der Waals surface area contributed by atoms with Gasteiger partial charge in [0.15, 0.2) is 5.69 Å². The lowest BCUT2D eigenvalue weighted by atomic mass is 9.97. The fourth-order valence-corrected chi connectivity index (χ4v) is 3.35. The zero-order chi connectivity index (χ0) is 19.4. The lowest BCUT2D eigenvalue weighted by molar-refractivity contribution is -0.0442. The van der Waals surface area contributed by atoms with Crippen molar-refractivity contribution < 1.29 is 19.4 Å². The molecule has 7 nitrogen and oxygen atoms in total. The van der Waals surface area contributed by atoms with Crippen LogP contribution in [-0.2, 0) is 4.74 Å². The topological polar surface area (TPSA) is 93.6 Å². The number of rotatable bonds is 6. The van der Waals surface area contributed by atoms with Crippen LogP contribution in [0.15, 0.2) is 24.3 Å². The average Bonchev–Trinajstić information content (AvgIpc) is 2.67. The largest absolute Gasteiger partial charge is 0.478 e. The van der Waals surface area contributed by atoms with Gasteiger partial charge in [0.05, 0.1) is 19.3 Å². The van der Waals surface area contributed by atoms with Crippen molar-refractivity contribution in [1.29, 1.82) is 0 Å². The summed E-state index contributed by atoms with van der Waals surface area (Å²) in [4.78, 5) is 11.3. The minimum absolute atomic E-state index is 0.0237. The molecule has 0 spiro atoms. The number of carbonyl (C=O) groups is 1. The van der Waals surface area contributed by atoms with Crippen molar-refractivity contribution in [2.45, 2.75) is 45.3 Å². The molecule has 1 fully saturated rings. The lowest BCUT2D eigenvalue weighted by Crippen LogP contribution is -2.29. The van der Waals surface area contributed by atoms with Crippen LogP contribution in [0.2, 0.25) is 0 Å². The zero-order valence-electron chi connectivity index (χ0n) is 15.9. The summed E-state index contributed by atoms with van der Waals surface area (Å²) in [6.45, 7) is 4.31. The number of methoxy groups -OCH3 is 1. The van der Waals surface area contributed by atoms with E-state index in [1.165, 1.54) is 18.2 Å². The van der Waals surface area contributed by atoms with Crippen molar-refractivity contribution in [3.8, 4) is 5.88 Å². The van der Waals surface area contributed by atoms with Gasteiger partial charge in [0.1, 0.15) is 5.69 Å². The molecule has 2 N–H and O–H groups in total. The van der Waals surface area contributed by atoms with Crippen LogP contribution in [0.4, 0.5) is 5.69 Å². The highest BCUT2D eigenvalue weighted by Crippen LogP contribution is 2.32. The van der Waals surface area contributed by atoms with Crippen molar-refractivity contribution in [3.05, 3.63) is 46.6 Å². The number of nitrogens with zero attached hydrogens (tertiary/aromatic N) is 2. The van der Waals surface area contributed by atoms with Gasteiger partial charge in [-0.2, -0.15) is 0 Å². The molecule has 2 aromatic rings. The van der Waals surface area contributed by atoms with Gasteiger partial charge in [0.2, 0.25) is 0 Å². The normalized spacial score (nSPS) is 19.5. The van der Waals surface area contributed by atoms with E-state index in [1.54, 1.807) is 6.92 Å². The third kappa shape index (κ3) is 4.36. The maximum atomic E-state index is 11.3. The van der Waals surface area contributed by atoms with Gasteiger partial charge in [-0.1, -0.05) is 29.8 Å². The second kappa shape index (κ2) is 8.35. The van der Waals surface area contributed by atoms with E-state index < -0.39 is 5.97 Å². The summed E-state index contributed by atoms with van der Waals surface area (Å²) in [6, 6.07) is 8.44. The van der Waals surface area contributed by atoms with Gasteiger partial charge in [0.25, 0.3) is 5.88 Å². The highest BCUT2D eigenvalue weighted by atomic mass is 16.5. The van der Waals surface area contributed by atoms with E-state index in [2.05, 4.69) is 46.7 Å². The highest BCUT2D eigenvalue weighted by molar-refractivity contribution is 5.89. The summed E-state index contributed by atoms with van der Waals surface area (Å²) in [6.07, 6.45) is 3.13. The van der Waals surface area contributed by atoms with Gasteiger partial charge in [-0.15, -0.1) is 10.2 Å². The summed E-state index contributed by atoms with van der Waals surface area (Å²) in [5.74, 6) is -0.831. The SMILES string of the molecule is COc1nnc(C(=O)O)c(C)c1NC[C@H]1CCC[C@@H](c2ccc(C)cc2)O1. The number of hydrogen-bond acceptors (Lipinski definition) is 6. The van der Waals surface area contributed by atoms with Crippen LogP contribution in [0.25, 0.3) is 0 Å². The fourth-order valence-electron chi connectivity index (χ4n) is 3.35. The molecule has 0 bridgehead atoms. The molecule has 0 aliphatic carbocycles. The lowest BCUT2D eigenvalue weighted by Gasteiger charge is -2.31. The monoisotopic (exact) mass is 371 g/mol. The maximum absolute atomic E-state index is 11.3. The van der Waals surface area contributed by atoms with E-state index in [4.69, 9.17) is 9.47 Å². The van der Waals surface area contributed by atoms with Crippen molar-refractivity contribution in [2.24, 2.45) is 0 Å². The van der Waals surface area contributed by atoms with E-state index in [9.17, 15) is 9.90 Å². The summed E-state index contributed by atoms with van der Waals surface area (Å²) in [5, 5.41) is 20.1. The number of carboxylic acids is 1. The Balaban J connectivity index is 1.70. The summed E-state index contributed by atoms with van der Waals surface area (Å²) >= 11 is 0. The molecular formula is C20H25N3O4. The number of aryl methyl sites for hydroxylation is 1. The van der Waals surface area contributed by atoms with E-state index >= 15 is 0 Å². The zero-order valence-corrected chi connectivity index (χ0v) is 15.9. The molecule has 1 aliphatic rings. The van der Waals surface area contributed by atoms with Gasteiger partial charge in [-0.05, 0) is 38.7 Å². The second-order valence-electron chi connectivity index (χ2n) is 6.83. The van der Waals surface area contributed by atoms with Crippen LogP contribution in [0, 0.1) is 13.8 Å². The van der Waals surface area contributed by atoms with Crippen molar-refractivity contribution in [1.82, 2.24) is 10.2 Å². The first-order valence-electron chi connectivity index (χ1n) is 9.10. The van der Waals surface area contributed by atoms with E-state index in [-0.39, 0.29) is 23.8 Å². The molecule has 1 aromatic carbocycles. The molecule has 144 valence electrons. The maximum Gasteiger partial charge on any atom is 0.356 e. The Morgan fingerprint density at radius 1 is 1.26 bits per heavy atom.